The van der Waals surface area contributed by atoms with Crippen LogP contribution in [0.1, 0.15) is 12.5 Å². The molecule has 0 saturated heterocycles. The lowest BCUT2D eigenvalue weighted by molar-refractivity contribution is 0.623. The van der Waals surface area contributed by atoms with Crippen LogP contribution in [0, 0.1) is 5.82 Å². The van der Waals surface area contributed by atoms with E-state index in [-0.39, 0.29) is 5.82 Å². The van der Waals surface area contributed by atoms with E-state index in [0.29, 0.717) is 0 Å². The molecule has 0 atom stereocenters. The predicted octanol–water partition coefficient (Wildman–Crippen LogP) is 2.74. The fourth-order valence-corrected chi connectivity index (χ4v) is 1.58. The minimum Gasteiger partial charge on any atom is -0.317 e. The van der Waals surface area contributed by atoms with Gasteiger partial charge in [0, 0.05) is 4.47 Å². The molecule has 1 aromatic rings. The molecule has 3 heteroatoms. The molecule has 1 nitrogen and oxygen atoms in total. The smallest absolute Gasteiger partial charge is 0.123 e. The third-order valence-corrected chi connectivity index (χ3v) is 2.60. The van der Waals surface area contributed by atoms with Gasteiger partial charge in [-0.2, -0.15) is 0 Å². The van der Waals surface area contributed by atoms with Crippen molar-refractivity contribution < 1.29 is 4.39 Å². The normalized spacial score (nSPS) is 10.4. The average Bonchev–Trinajstić information content (AvgIpc) is 2.11. The maximum Gasteiger partial charge on any atom is 0.123 e. The number of likely N-dealkylation sites (N-methyl/N-ethyl adjacent to an activating group) is 1. The van der Waals surface area contributed by atoms with E-state index in [2.05, 4.69) is 28.2 Å². The van der Waals surface area contributed by atoms with Gasteiger partial charge in [0.05, 0.1) is 0 Å². The molecule has 0 heterocycles. The lowest BCUT2D eigenvalue weighted by Gasteiger charge is -2.04. The molecule has 0 saturated carbocycles. The lowest BCUT2D eigenvalue weighted by Crippen LogP contribution is -2.16. The summed E-state index contributed by atoms with van der Waals surface area (Å²) >= 11 is 3.39. The monoisotopic (exact) mass is 245 g/mol. The molecule has 0 spiro atoms. The summed E-state index contributed by atoms with van der Waals surface area (Å²) in [5.41, 5.74) is 1.01. The first-order chi connectivity index (χ1) is 6.24. The van der Waals surface area contributed by atoms with Gasteiger partial charge in [-0.05, 0) is 43.3 Å². The molecule has 1 N–H and O–H groups in total. The summed E-state index contributed by atoms with van der Waals surface area (Å²) in [6.07, 6.45) is 0.853. The van der Waals surface area contributed by atoms with Crippen LogP contribution in [0.25, 0.3) is 0 Å². The molecular formula is C10H13BrFN. The van der Waals surface area contributed by atoms with E-state index < -0.39 is 0 Å². The number of benzene rings is 1. The van der Waals surface area contributed by atoms with Crippen molar-refractivity contribution in [2.45, 2.75) is 13.3 Å². The Kier molecular flexibility index (Phi) is 4.39. The SMILES string of the molecule is CCNCCc1cc(F)ccc1Br. The van der Waals surface area contributed by atoms with Gasteiger partial charge < -0.3 is 5.32 Å². The summed E-state index contributed by atoms with van der Waals surface area (Å²) in [7, 11) is 0. The quantitative estimate of drug-likeness (QED) is 0.805. The zero-order valence-electron chi connectivity index (χ0n) is 7.61. The van der Waals surface area contributed by atoms with Crippen LogP contribution in [0.15, 0.2) is 22.7 Å². The van der Waals surface area contributed by atoms with Crippen molar-refractivity contribution in [3.05, 3.63) is 34.1 Å². The van der Waals surface area contributed by atoms with E-state index in [1.165, 1.54) is 6.07 Å². The lowest BCUT2D eigenvalue weighted by atomic mass is 10.1. The second kappa shape index (κ2) is 5.35. The molecular weight excluding hydrogens is 233 g/mol. The highest BCUT2D eigenvalue weighted by molar-refractivity contribution is 9.10. The molecule has 0 aliphatic heterocycles. The Morgan fingerprint density at radius 1 is 1.46 bits per heavy atom. The average molecular weight is 246 g/mol. The first-order valence-corrected chi connectivity index (χ1v) is 5.18. The van der Waals surface area contributed by atoms with Crippen molar-refractivity contribution in [2.24, 2.45) is 0 Å². The van der Waals surface area contributed by atoms with Crippen molar-refractivity contribution in [1.29, 1.82) is 0 Å². The Morgan fingerprint density at radius 3 is 2.92 bits per heavy atom. The Morgan fingerprint density at radius 2 is 2.23 bits per heavy atom. The van der Waals surface area contributed by atoms with E-state index in [4.69, 9.17) is 0 Å². The van der Waals surface area contributed by atoms with Gasteiger partial charge in [0.2, 0.25) is 0 Å². The van der Waals surface area contributed by atoms with Crippen LogP contribution in [0.2, 0.25) is 0 Å². The molecule has 0 bridgehead atoms. The topological polar surface area (TPSA) is 12.0 Å². The maximum atomic E-state index is 12.8. The second-order valence-corrected chi connectivity index (χ2v) is 3.69. The zero-order valence-corrected chi connectivity index (χ0v) is 9.20. The van der Waals surface area contributed by atoms with Crippen LogP contribution >= 0.6 is 15.9 Å². The van der Waals surface area contributed by atoms with Crippen molar-refractivity contribution >= 4 is 15.9 Å². The van der Waals surface area contributed by atoms with E-state index in [1.807, 2.05) is 0 Å². The van der Waals surface area contributed by atoms with Gasteiger partial charge >= 0.3 is 0 Å². The molecule has 0 fully saturated rings. The second-order valence-electron chi connectivity index (χ2n) is 2.84. The summed E-state index contributed by atoms with van der Waals surface area (Å²) < 4.78 is 13.8. The summed E-state index contributed by atoms with van der Waals surface area (Å²) in [6.45, 7) is 3.89. The Hall–Kier alpha value is -0.410. The van der Waals surface area contributed by atoms with Crippen molar-refractivity contribution in [2.75, 3.05) is 13.1 Å². The minimum absolute atomic E-state index is 0.172. The van der Waals surface area contributed by atoms with E-state index >= 15 is 0 Å². The molecule has 0 unspecified atom stereocenters. The van der Waals surface area contributed by atoms with Crippen LogP contribution in [0.4, 0.5) is 4.39 Å². The van der Waals surface area contributed by atoms with E-state index in [0.717, 1.165) is 29.5 Å². The molecule has 72 valence electrons. The third-order valence-electron chi connectivity index (χ3n) is 1.83. The molecule has 0 aromatic heterocycles. The van der Waals surface area contributed by atoms with Gasteiger partial charge in [0.25, 0.3) is 0 Å². The summed E-state index contributed by atoms with van der Waals surface area (Å²) in [6, 6.07) is 4.78. The summed E-state index contributed by atoms with van der Waals surface area (Å²) in [4.78, 5) is 0. The van der Waals surface area contributed by atoms with Crippen LogP contribution in [-0.4, -0.2) is 13.1 Å². The van der Waals surface area contributed by atoms with E-state index in [1.54, 1.807) is 12.1 Å². The van der Waals surface area contributed by atoms with Crippen LogP contribution in [-0.2, 0) is 6.42 Å². The van der Waals surface area contributed by atoms with Gasteiger partial charge in [-0.15, -0.1) is 0 Å². The Bertz CT molecular complexity index is 276. The number of hydrogen-bond acceptors (Lipinski definition) is 1. The summed E-state index contributed by atoms with van der Waals surface area (Å²) in [5, 5.41) is 3.20. The highest BCUT2D eigenvalue weighted by atomic mass is 79.9. The zero-order chi connectivity index (χ0) is 9.68. The molecule has 1 rings (SSSR count). The Balaban J connectivity index is 2.59. The largest absolute Gasteiger partial charge is 0.317 e. The fourth-order valence-electron chi connectivity index (χ4n) is 1.13. The molecule has 1 aromatic carbocycles. The standard InChI is InChI=1S/C10H13BrFN/c1-2-13-6-5-8-7-9(12)3-4-10(8)11/h3-4,7,13H,2,5-6H2,1H3. The minimum atomic E-state index is -0.172. The van der Waals surface area contributed by atoms with Crippen molar-refractivity contribution in [3.8, 4) is 0 Å². The fraction of sp³-hybridized carbons (Fsp3) is 0.400. The van der Waals surface area contributed by atoms with E-state index in [9.17, 15) is 4.39 Å². The molecule has 13 heavy (non-hydrogen) atoms. The highest BCUT2D eigenvalue weighted by Gasteiger charge is 2.00. The van der Waals surface area contributed by atoms with Crippen molar-refractivity contribution in [1.82, 2.24) is 5.32 Å². The van der Waals surface area contributed by atoms with Gasteiger partial charge in [0.15, 0.2) is 0 Å². The molecule has 0 radical (unpaired) electrons. The van der Waals surface area contributed by atoms with Gasteiger partial charge in [-0.25, -0.2) is 4.39 Å². The van der Waals surface area contributed by atoms with Gasteiger partial charge in [0.1, 0.15) is 5.82 Å². The summed E-state index contributed by atoms with van der Waals surface area (Å²) in [5.74, 6) is -0.172. The number of nitrogens with one attached hydrogen (secondary N) is 1. The molecule has 0 aliphatic carbocycles. The molecule has 0 aliphatic rings. The predicted molar refractivity (Wildman–Crippen MR) is 56.3 cm³/mol. The number of hydrogen-bond donors (Lipinski definition) is 1. The van der Waals surface area contributed by atoms with Crippen LogP contribution < -0.4 is 5.32 Å². The van der Waals surface area contributed by atoms with Gasteiger partial charge in [-0.1, -0.05) is 22.9 Å². The molecule has 0 amide bonds. The first-order valence-electron chi connectivity index (χ1n) is 4.38. The maximum absolute atomic E-state index is 12.8. The number of halogens is 2. The highest BCUT2D eigenvalue weighted by Crippen LogP contribution is 2.17. The Labute approximate surface area is 86.5 Å². The van der Waals surface area contributed by atoms with Crippen LogP contribution in [0.5, 0.6) is 0 Å². The third kappa shape index (κ3) is 3.44. The number of rotatable bonds is 4. The van der Waals surface area contributed by atoms with Crippen molar-refractivity contribution in [3.63, 3.8) is 0 Å². The van der Waals surface area contributed by atoms with Crippen LogP contribution in [0.3, 0.4) is 0 Å². The van der Waals surface area contributed by atoms with Gasteiger partial charge in [-0.3, -0.25) is 0 Å². The first kappa shape index (κ1) is 10.7.